The molecule has 0 radical (unpaired) electrons. The van der Waals surface area contributed by atoms with E-state index in [4.69, 9.17) is 0 Å². The minimum absolute atomic E-state index is 0.545. The molecule has 0 aliphatic carbocycles. The SMILES string of the molecule is CC(C)=C(CP(=O)(c1ccccc1)c1ccccc1)Sc1ccccc1. The number of allylic oxidation sites excluding steroid dienone is 2. The van der Waals surface area contributed by atoms with E-state index in [2.05, 4.69) is 26.0 Å². The van der Waals surface area contributed by atoms with E-state index in [0.717, 1.165) is 10.6 Å². The van der Waals surface area contributed by atoms with Gasteiger partial charge in [0.05, 0.1) is 0 Å². The second-order valence-electron chi connectivity index (χ2n) is 6.41. The smallest absolute Gasteiger partial charge is 0.147 e. The highest BCUT2D eigenvalue weighted by atomic mass is 32.2. The van der Waals surface area contributed by atoms with Crippen molar-refractivity contribution in [2.45, 2.75) is 18.7 Å². The van der Waals surface area contributed by atoms with Crippen LogP contribution in [-0.4, -0.2) is 6.16 Å². The Balaban J connectivity index is 2.02. The van der Waals surface area contributed by atoms with Crippen molar-refractivity contribution in [2.75, 3.05) is 6.16 Å². The Morgan fingerprint density at radius 1 is 0.731 bits per heavy atom. The van der Waals surface area contributed by atoms with E-state index in [1.54, 1.807) is 11.8 Å². The second-order valence-corrected chi connectivity index (χ2v) is 10.4. The van der Waals surface area contributed by atoms with Gasteiger partial charge in [0.2, 0.25) is 0 Å². The first kappa shape index (κ1) is 18.8. The number of hydrogen-bond donors (Lipinski definition) is 0. The van der Waals surface area contributed by atoms with Gasteiger partial charge in [0.1, 0.15) is 7.14 Å². The van der Waals surface area contributed by atoms with Gasteiger partial charge in [0, 0.05) is 21.7 Å². The highest BCUT2D eigenvalue weighted by molar-refractivity contribution is 8.03. The monoisotopic (exact) mass is 378 g/mol. The van der Waals surface area contributed by atoms with Crippen molar-refractivity contribution in [1.82, 2.24) is 0 Å². The molecule has 132 valence electrons. The topological polar surface area (TPSA) is 17.1 Å². The van der Waals surface area contributed by atoms with Crippen molar-refractivity contribution in [1.29, 1.82) is 0 Å². The maximum atomic E-state index is 14.3. The van der Waals surface area contributed by atoms with Crippen LogP contribution in [0.15, 0.2) is 106 Å². The van der Waals surface area contributed by atoms with Crippen molar-refractivity contribution in [3.63, 3.8) is 0 Å². The molecule has 0 fully saturated rings. The summed E-state index contributed by atoms with van der Waals surface area (Å²) in [5.74, 6) is 0. The van der Waals surface area contributed by atoms with Gasteiger partial charge in [-0.15, -0.1) is 0 Å². The number of hydrogen-bond acceptors (Lipinski definition) is 2. The predicted octanol–water partition coefficient (Wildman–Crippen LogP) is 6.09. The molecule has 0 spiro atoms. The average Bonchev–Trinajstić information content (AvgIpc) is 2.69. The van der Waals surface area contributed by atoms with Gasteiger partial charge in [-0.25, -0.2) is 0 Å². The summed E-state index contributed by atoms with van der Waals surface area (Å²) in [5, 5.41) is 1.83. The van der Waals surface area contributed by atoms with Gasteiger partial charge in [-0.2, -0.15) is 0 Å². The summed E-state index contributed by atoms with van der Waals surface area (Å²) in [4.78, 5) is 2.35. The lowest BCUT2D eigenvalue weighted by Crippen LogP contribution is -2.19. The van der Waals surface area contributed by atoms with Gasteiger partial charge in [-0.05, 0) is 30.9 Å². The molecule has 0 heterocycles. The van der Waals surface area contributed by atoms with E-state index in [9.17, 15) is 4.57 Å². The molecule has 0 amide bonds. The van der Waals surface area contributed by atoms with E-state index in [-0.39, 0.29) is 0 Å². The van der Waals surface area contributed by atoms with Crippen molar-refractivity contribution < 1.29 is 4.57 Å². The minimum Gasteiger partial charge on any atom is -0.313 e. The van der Waals surface area contributed by atoms with Crippen molar-refractivity contribution in [3.8, 4) is 0 Å². The molecule has 3 aromatic rings. The van der Waals surface area contributed by atoms with Gasteiger partial charge in [0.25, 0.3) is 0 Å². The molecular formula is C23H23OPS. The van der Waals surface area contributed by atoms with E-state index in [0.29, 0.717) is 6.16 Å². The predicted molar refractivity (Wildman–Crippen MR) is 115 cm³/mol. The summed E-state index contributed by atoms with van der Waals surface area (Å²) < 4.78 is 14.3. The van der Waals surface area contributed by atoms with E-state index >= 15 is 0 Å². The van der Waals surface area contributed by atoms with Crippen LogP contribution in [0.3, 0.4) is 0 Å². The first-order valence-corrected chi connectivity index (χ1v) is 11.4. The Morgan fingerprint density at radius 3 is 1.58 bits per heavy atom. The molecule has 0 aromatic heterocycles. The van der Waals surface area contributed by atoms with Crippen LogP contribution >= 0.6 is 18.9 Å². The Hall–Kier alpha value is -2.02. The van der Waals surface area contributed by atoms with Gasteiger partial charge < -0.3 is 4.57 Å². The quantitative estimate of drug-likeness (QED) is 0.381. The maximum Gasteiger partial charge on any atom is 0.147 e. The molecule has 0 N–H and O–H groups in total. The number of thioether (sulfide) groups is 1. The Kier molecular flexibility index (Phi) is 6.19. The molecule has 0 aliphatic rings. The molecule has 26 heavy (non-hydrogen) atoms. The average molecular weight is 378 g/mol. The first-order valence-electron chi connectivity index (χ1n) is 8.69. The molecule has 3 rings (SSSR count). The third kappa shape index (κ3) is 4.38. The van der Waals surface area contributed by atoms with Crippen LogP contribution < -0.4 is 10.6 Å². The number of rotatable bonds is 6. The third-order valence-corrected chi connectivity index (χ3v) is 8.80. The fraction of sp³-hybridized carbons (Fsp3) is 0.130. The molecule has 0 unspecified atom stereocenters. The van der Waals surface area contributed by atoms with Crippen LogP contribution in [0, 0.1) is 0 Å². The zero-order chi connectivity index (χ0) is 18.4. The highest BCUT2D eigenvalue weighted by Crippen LogP contribution is 2.48. The van der Waals surface area contributed by atoms with Crippen molar-refractivity contribution in [2.24, 2.45) is 0 Å². The van der Waals surface area contributed by atoms with Crippen LogP contribution in [0.1, 0.15) is 13.8 Å². The summed E-state index contributed by atoms with van der Waals surface area (Å²) in [6.07, 6.45) is 0.545. The molecule has 3 aromatic carbocycles. The van der Waals surface area contributed by atoms with Crippen LogP contribution in [0.2, 0.25) is 0 Å². The number of benzene rings is 3. The third-order valence-electron chi connectivity index (χ3n) is 4.25. The van der Waals surface area contributed by atoms with Crippen LogP contribution in [0.25, 0.3) is 0 Å². The molecule has 0 aliphatic heterocycles. The lowest BCUT2D eigenvalue weighted by Gasteiger charge is -2.22. The van der Waals surface area contributed by atoms with Gasteiger partial charge in [0.15, 0.2) is 0 Å². The highest BCUT2D eigenvalue weighted by Gasteiger charge is 2.29. The summed E-state index contributed by atoms with van der Waals surface area (Å²) >= 11 is 1.72. The van der Waals surface area contributed by atoms with Gasteiger partial charge in [-0.3, -0.25) is 0 Å². The Morgan fingerprint density at radius 2 is 1.15 bits per heavy atom. The Bertz CT molecular complexity index is 871. The molecule has 0 saturated carbocycles. The summed E-state index contributed by atoms with van der Waals surface area (Å²) in [7, 11) is -2.75. The summed E-state index contributed by atoms with van der Waals surface area (Å²) in [6, 6.07) is 30.1. The first-order chi connectivity index (χ1) is 12.6. The molecule has 1 nitrogen and oxygen atoms in total. The van der Waals surface area contributed by atoms with Crippen molar-refractivity contribution in [3.05, 3.63) is 101 Å². The molecule has 0 bridgehead atoms. The molecule has 0 atom stereocenters. The van der Waals surface area contributed by atoms with E-state index in [1.807, 2.05) is 78.9 Å². The fourth-order valence-corrected chi connectivity index (χ4v) is 7.07. The molecule has 0 saturated heterocycles. The second kappa shape index (κ2) is 8.58. The van der Waals surface area contributed by atoms with E-state index < -0.39 is 7.14 Å². The van der Waals surface area contributed by atoms with E-state index in [1.165, 1.54) is 15.4 Å². The maximum absolute atomic E-state index is 14.3. The minimum atomic E-state index is -2.75. The lowest BCUT2D eigenvalue weighted by molar-refractivity contribution is 0.588. The zero-order valence-corrected chi connectivity index (χ0v) is 16.8. The van der Waals surface area contributed by atoms with Gasteiger partial charge >= 0.3 is 0 Å². The summed E-state index contributed by atoms with van der Waals surface area (Å²) in [5.41, 5.74) is 1.21. The zero-order valence-electron chi connectivity index (χ0n) is 15.1. The normalized spacial score (nSPS) is 11.2. The van der Waals surface area contributed by atoms with Crippen molar-refractivity contribution >= 4 is 29.5 Å². The molecular weight excluding hydrogens is 355 g/mol. The van der Waals surface area contributed by atoms with Crippen LogP contribution in [0.4, 0.5) is 0 Å². The fourth-order valence-electron chi connectivity index (χ4n) is 2.79. The Labute approximate surface area is 160 Å². The summed E-state index contributed by atoms with van der Waals surface area (Å²) in [6.45, 7) is 4.21. The van der Waals surface area contributed by atoms with Gasteiger partial charge in [-0.1, -0.05) is 96.2 Å². The lowest BCUT2D eigenvalue weighted by atomic mass is 10.3. The van der Waals surface area contributed by atoms with Crippen LogP contribution in [-0.2, 0) is 4.57 Å². The van der Waals surface area contributed by atoms with Crippen LogP contribution in [0.5, 0.6) is 0 Å². The largest absolute Gasteiger partial charge is 0.313 e. The molecule has 3 heteroatoms. The standard InChI is InChI=1S/C23H23OPS/c1-19(2)23(26-22-16-10-5-11-17-22)18-25(24,20-12-6-3-7-13-20)21-14-8-4-9-15-21/h3-17H,18H2,1-2H3.